The van der Waals surface area contributed by atoms with Crippen LogP contribution in [0.3, 0.4) is 0 Å². The van der Waals surface area contributed by atoms with Gasteiger partial charge in [-0.15, -0.1) is 0 Å². The van der Waals surface area contributed by atoms with Crippen LogP contribution in [0.25, 0.3) is 10.9 Å². The lowest BCUT2D eigenvalue weighted by molar-refractivity contribution is -0.116. The number of amides is 2. The maximum absolute atomic E-state index is 12.1. The second kappa shape index (κ2) is 7.77. The van der Waals surface area contributed by atoms with Crippen LogP contribution in [0.15, 0.2) is 60.8 Å². The van der Waals surface area contributed by atoms with Crippen LogP contribution >= 0.6 is 11.6 Å². The second-order valence-corrected chi connectivity index (χ2v) is 5.82. The van der Waals surface area contributed by atoms with E-state index in [0.717, 1.165) is 10.9 Å². The number of pyridine rings is 1. The minimum atomic E-state index is -0.301. The van der Waals surface area contributed by atoms with Crippen molar-refractivity contribution < 1.29 is 9.59 Å². The quantitative estimate of drug-likeness (QED) is 0.735. The topological polar surface area (TPSA) is 71.1 Å². The normalized spacial score (nSPS) is 10.4. The van der Waals surface area contributed by atoms with Crippen molar-refractivity contribution >= 4 is 40.0 Å². The zero-order valence-corrected chi connectivity index (χ0v) is 14.1. The molecule has 0 spiro atoms. The van der Waals surface area contributed by atoms with Gasteiger partial charge in [0, 0.05) is 24.5 Å². The molecule has 0 aliphatic heterocycles. The van der Waals surface area contributed by atoms with E-state index >= 15 is 0 Å². The zero-order valence-electron chi connectivity index (χ0n) is 13.3. The molecular formula is C19H16ClN3O2. The van der Waals surface area contributed by atoms with Crippen LogP contribution in [0.2, 0.25) is 5.02 Å². The van der Waals surface area contributed by atoms with Gasteiger partial charge in [-0.2, -0.15) is 0 Å². The molecule has 1 aromatic heterocycles. The first-order valence-corrected chi connectivity index (χ1v) is 8.19. The summed E-state index contributed by atoms with van der Waals surface area (Å²) in [6.07, 6.45) is 1.83. The van der Waals surface area contributed by atoms with E-state index in [1.807, 2.05) is 24.3 Å². The summed E-state index contributed by atoms with van der Waals surface area (Å²) >= 11 is 5.98. The Morgan fingerprint density at radius 3 is 2.64 bits per heavy atom. The average molecular weight is 354 g/mol. The molecule has 2 aromatic carbocycles. The Morgan fingerprint density at radius 2 is 1.80 bits per heavy atom. The van der Waals surface area contributed by atoms with Crippen molar-refractivity contribution in [3.63, 3.8) is 0 Å². The fraction of sp³-hybridized carbons (Fsp3) is 0.105. The highest BCUT2D eigenvalue weighted by molar-refractivity contribution is 6.33. The Balaban J connectivity index is 1.56. The van der Waals surface area contributed by atoms with E-state index in [-0.39, 0.29) is 24.8 Å². The first-order valence-electron chi connectivity index (χ1n) is 7.81. The van der Waals surface area contributed by atoms with E-state index in [1.54, 1.807) is 36.5 Å². The average Bonchev–Trinajstić information content (AvgIpc) is 2.62. The number of fused-ring (bicyclic) bond motifs is 1. The number of nitrogens with zero attached hydrogens (tertiary/aromatic N) is 1. The molecule has 25 heavy (non-hydrogen) atoms. The van der Waals surface area contributed by atoms with Gasteiger partial charge in [0.1, 0.15) is 0 Å². The van der Waals surface area contributed by atoms with Gasteiger partial charge in [0.15, 0.2) is 0 Å². The standard InChI is InChI=1S/C19H16ClN3O2/c20-15-8-2-1-7-14(15)19(25)22-12-10-17(24)23-16-9-3-5-13-6-4-11-21-18(13)16/h1-9,11H,10,12H2,(H,22,25)(H,23,24). The summed E-state index contributed by atoms with van der Waals surface area (Å²) in [5, 5.41) is 6.86. The minimum Gasteiger partial charge on any atom is -0.351 e. The maximum atomic E-state index is 12.1. The van der Waals surface area contributed by atoms with E-state index in [2.05, 4.69) is 15.6 Å². The van der Waals surface area contributed by atoms with E-state index in [0.29, 0.717) is 16.3 Å². The fourth-order valence-electron chi connectivity index (χ4n) is 2.45. The number of anilines is 1. The third-order valence-corrected chi connectivity index (χ3v) is 3.99. The Labute approximate surface area is 150 Å². The van der Waals surface area contributed by atoms with Crippen molar-refractivity contribution in [2.45, 2.75) is 6.42 Å². The van der Waals surface area contributed by atoms with Crippen LogP contribution in [-0.4, -0.2) is 23.3 Å². The molecule has 0 saturated carbocycles. The van der Waals surface area contributed by atoms with Gasteiger partial charge in [0.25, 0.3) is 5.91 Å². The largest absolute Gasteiger partial charge is 0.351 e. The zero-order chi connectivity index (χ0) is 17.6. The Kier molecular flexibility index (Phi) is 5.26. The van der Waals surface area contributed by atoms with Crippen molar-refractivity contribution in [1.82, 2.24) is 10.3 Å². The smallest absolute Gasteiger partial charge is 0.252 e. The number of hydrogen-bond donors (Lipinski definition) is 2. The van der Waals surface area contributed by atoms with Gasteiger partial charge in [-0.05, 0) is 24.3 Å². The van der Waals surface area contributed by atoms with E-state index in [1.165, 1.54) is 0 Å². The fourth-order valence-corrected chi connectivity index (χ4v) is 2.67. The number of aromatic nitrogens is 1. The molecule has 126 valence electrons. The lowest BCUT2D eigenvalue weighted by atomic mass is 10.2. The van der Waals surface area contributed by atoms with Crippen molar-refractivity contribution in [3.8, 4) is 0 Å². The molecule has 3 rings (SSSR count). The Hall–Kier alpha value is -2.92. The van der Waals surface area contributed by atoms with Gasteiger partial charge in [0.2, 0.25) is 5.91 Å². The van der Waals surface area contributed by atoms with Crippen LogP contribution in [0, 0.1) is 0 Å². The summed E-state index contributed by atoms with van der Waals surface area (Å²) in [5.74, 6) is -0.497. The summed E-state index contributed by atoms with van der Waals surface area (Å²) in [6, 6.07) is 16.2. The molecule has 0 saturated heterocycles. The summed E-state index contributed by atoms with van der Waals surface area (Å²) in [6.45, 7) is 0.216. The van der Waals surface area contributed by atoms with E-state index < -0.39 is 0 Å². The number of rotatable bonds is 5. The molecule has 1 heterocycles. The van der Waals surface area contributed by atoms with Gasteiger partial charge in [0.05, 0.1) is 21.8 Å². The van der Waals surface area contributed by atoms with Gasteiger partial charge >= 0.3 is 0 Å². The molecular weight excluding hydrogens is 338 g/mol. The predicted octanol–water partition coefficient (Wildman–Crippen LogP) is 3.65. The Morgan fingerprint density at radius 1 is 1.00 bits per heavy atom. The summed E-state index contributed by atoms with van der Waals surface area (Å²) in [5.41, 5.74) is 1.78. The first-order chi connectivity index (χ1) is 12.1. The van der Waals surface area contributed by atoms with Gasteiger partial charge in [-0.3, -0.25) is 14.6 Å². The molecule has 5 nitrogen and oxygen atoms in total. The maximum Gasteiger partial charge on any atom is 0.252 e. The molecule has 0 fully saturated rings. The molecule has 0 unspecified atom stereocenters. The monoisotopic (exact) mass is 353 g/mol. The van der Waals surface area contributed by atoms with E-state index in [9.17, 15) is 9.59 Å². The lowest BCUT2D eigenvalue weighted by Gasteiger charge is -2.09. The minimum absolute atomic E-state index is 0.152. The van der Waals surface area contributed by atoms with Crippen LogP contribution < -0.4 is 10.6 Å². The number of carbonyl (C=O) groups is 2. The SMILES string of the molecule is O=C(CCNC(=O)c1ccccc1Cl)Nc1cccc2cccnc12. The number of carbonyl (C=O) groups excluding carboxylic acids is 2. The van der Waals surface area contributed by atoms with Crippen LogP contribution in [0.1, 0.15) is 16.8 Å². The highest BCUT2D eigenvalue weighted by Gasteiger charge is 2.10. The molecule has 0 bridgehead atoms. The Bertz CT molecular complexity index is 922. The second-order valence-electron chi connectivity index (χ2n) is 5.41. The molecule has 2 amide bonds. The summed E-state index contributed by atoms with van der Waals surface area (Å²) in [4.78, 5) is 28.5. The van der Waals surface area contributed by atoms with Gasteiger partial charge in [-0.1, -0.05) is 41.9 Å². The lowest BCUT2D eigenvalue weighted by Crippen LogP contribution is -2.27. The first kappa shape index (κ1) is 16.9. The molecule has 0 radical (unpaired) electrons. The number of halogens is 1. The van der Waals surface area contributed by atoms with Crippen LogP contribution in [0.4, 0.5) is 5.69 Å². The highest BCUT2D eigenvalue weighted by Crippen LogP contribution is 2.20. The van der Waals surface area contributed by atoms with Crippen LogP contribution in [-0.2, 0) is 4.79 Å². The van der Waals surface area contributed by atoms with Crippen molar-refractivity contribution in [1.29, 1.82) is 0 Å². The molecule has 3 aromatic rings. The number of hydrogen-bond acceptors (Lipinski definition) is 3. The molecule has 0 aliphatic rings. The summed E-state index contributed by atoms with van der Waals surface area (Å²) in [7, 11) is 0. The highest BCUT2D eigenvalue weighted by atomic mass is 35.5. The molecule has 0 atom stereocenters. The molecule has 0 aliphatic carbocycles. The molecule has 6 heteroatoms. The summed E-state index contributed by atoms with van der Waals surface area (Å²) < 4.78 is 0. The van der Waals surface area contributed by atoms with Gasteiger partial charge in [-0.25, -0.2) is 0 Å². The van der Waals surface area contributed by atoms with Crippen molar-refractivity contribution in [3.05, 3.63) is 71.4 Å². The number of para-hydroxylation sites is 1. The van der Waals surface area contributed by atoms with E-state index in [4.69, 9.17) is 11.6 Å². The van der Waals surface area contributed by atoms with Crippen LogP contribution in [0.5, 0.6) is 0 Å². The third kappa shape index (κ3) is 4.14. The molecule has 2 N–H and O–H groups in total. The third-order valence-electron chi connectivity index (χ3n) is 3.66. The van der Waals surface area contributed by atoms with Crippen molar-refractivity contribution in [2.75, 3.05) is 11.9 Å². The van der Waals surface area contributed by atoms with Gasteiger partial charge < -0.3 is 10.6 Å². The number of benzene rings is 2. The number of nitrogens with one attached hydrogen (secondary N) is 2. The van der Waals surface area contributed by atoms with Crippen molar-refractivity contribution in [2.24, 2.45) is 0 Å². The predicted molar refractivity (Wildman–Crippen MR) is 98.8 cm³/mol.